The van der Waals surface area contributed by atoms with Crippen LogP contribution in [-0.4, -0.2) is 16.2 Å². The van der Waals surface area contributed by atoms with E-state index in [2.05, 4.69) is 17.1 Å². The number of aliphatic hydroxyl groups excluding tert-OH is 1. The van der Waals surface area contributed by atoms with Gasteiger partial charge in [-0.15, -0.1) is 0 Å². The number of aromatic nitrogens is 1. The molecule has 0 radical (unpaired) electrons. The van der Waals surface area contributed by atoms with Crippen LogP contribution < -0.4 is 0 Å². The fourth-order valence-electron chi connectivity index (χ4n) is 2.09. The van der Waals surface area contributed by atoms with E-state index >= 15 is 0 Å². The first-order chi connectivity index (χ1) is 7.36. The quantitative estimate of drug-likeness (QED) is 0.765. The van der Waals surface area contributed by atoms with Crippen LogP contribution in [0.4, 0.5) is 0 Å². The molecule has 1 heterocycles. The molecule has 1 N–H and O–H groups in total. The van der Waals surface area contributed by atoms with E-state index < -0.39 is 0 Å². The van der Waals surface area contributed by atoms with E-state index in [0.29, 0.717) is 5.92 Å². The van der Waals surface area contributed by atoms with Crippen molar-refractivity contribution in [2.24, 2.45) is 5.92 Å². The number of nitrogens with zero attached hydrogens (tertiary/aromatic N) is 1. The largest absolute Gasteiger partial charge is 0.392 e. The number of rotatable bonds is 3. The van der Waals surface area contributed by atoms with E-state index in [9.17, 15) is 5.11 Å². The molecule has 2 unspecified atom stereocenters. The van der Waals surface area contributed by atoms with Crippen molar-refractivity contribution in [3.63, 3.8) is 0 Å². The van der Waals surface area contributed by atoms with Crippen LogP contribution in [0.3, 0.4) is 0 Å². The van der Waals surface area contributed by atoms with E-state index in [-0.39, 0.29) is 6.10 Å². The summed E-state index contributed by atoms with van der Waals surface area (Å²) in [7, 11) is 0. The molecule has 0 fully saturated rings. The second kappa shape index (κ2) is 5.08. The second-order valence-corrected chi connectivity index (χ2v) is 4.18. The molecule has 0 aromatic carbocycles. The first-order valence-electron chi connectivity index (χ1n) is 5.58. The van der Waals surface area contributed by atoms with Gasteiger partial charge in [-0.2, -0.15) is 0 Å². The second-order valence-electron chi connectivity index (χ2n) is 4.18. The van der Waals surface area contributed by atoms with Gasteiger partial charge in [-0.05, 0) is 36.8 Å². The summed E-state index contributed by atoms with van der Waals surface area (Å²) in [6.45, 7) is 0. The van der Waals surface area contributed by atoms with Gasteiger partial charge in [0, 0.05) is 18.8 Å². The molecule has 1 aromatic heterocycles. The molecule has 0 spiro atoms. The van der Waals surface area contributed by atoms with Crippen LogP contribution in [0.1, 0.15) is 24.8 Å². The molecule has 0 saturated heterocycles. The summed E-state index contributed by atoms with van der Waals surface area (Å²) < 4.78 is 0. The highest BCUT2D eigenvalue weighted by atomic mass is 16.3. The normalized spacial score (nSPS) is 22.6. The van der Waals surface area contributed by atoms with Gasteiger partial charge in [-0.3, -0.25) is 4.98 Å². The van der Waals surface area contributed by atoms with Crippen LogP contribution in [0.15, 0.2) is 36.7 Å². The maximum Gasteiger partial charge on any atom is 0.0612 e. The highest BCUT2D eigenvalue weighted by Crippen LogP contribution is 2.23. The van der Waals surface area contributed by atoms with Gasteiger partial charge >= 0.3 is 0 Å². The molecule has 0 aliphatic heterocycles. The molecule has 2 heteroatoms. The highest BCUT2D eigenvalue weighted by molar-refractivity contribution is 5.10. The minimum Gasteiger partial charge on any atom is -0.392 e. The number of pyridine rings is 1. The standard InChI is InChI=1S/C13H17NO/c15-13(12-6-2-1-3-7-12)9-11-5-4-8-14-10-11/h1-2,4-5,8,10,12-13,15H,3,6-7,9H2. The average Bonchev–Trinajstić information content (AvgIpc) is 2.31. The maximum atomic E-state index is 10.1. The van der Waals surface area contributed by atoms with E-state index in [0.717, 1.165) is 31.2 Å². The SMILES string of the molecule is OC(Cc1cccnc1)C1CC=CCC1. The molecule has 1 aliphatic carbocycles. The minimum atomic E-state index is -0.223. The van der Waals surface area contributed by atoms with Gasteiger partial charge in [0.1, 0.15) is 0 Å². The monoisotopic (exact) mass is 203 g/mol. The zero-order valence-corrected chi connectivity index (χ0v) is 8.84. The lowest BCUT2D eigenvalue weighted by atomic mass is 9.87. The maximum absolute atomic E-state index is 10.1. The van der Waals surface area contributed by atoms with Gasteiger partial charge in [0.05, 0.1) is 6.10 Å². The fourth-order valence-corrected chi connectivity index (χ4v) is 2.09. The first-order valence-corrected chi connectivity index (χ1v) is 5.58. The van der Waals surface area contributed by atoms with Gasteiger partial charge in [-0.1, -0.05) is 18.2 Å². The summed E-state index contributed by atoms with van der Waals surface area (Å²) in [5.41, 5.74) is 1.12. The smallest absolute Gasteiger partial charge is 0.0612 e. The zero-order chi connectivity index (χ0) is 10.5. The van der Waals surface area contributed by atoms with Gasteiger partial charge in [0.15, 0.2) is 0 Å². The summed E-state index contributed by atoms with van der Waals surface area (Å²) in [4.78, 5) is 4.06. The van der Waals surface area contributed by atoms with E-state index in [1.807, 2.05) is 18.3 Å². The van der Waals surface area contributed by atoms with E-state index in [1.165, 1.54) is 0 Å². The van der Waals surface area contributed by atoms with Gasteiger partial charge in [0.25, 0.3) is 0 Å². The molecule has 2 rings (SSSR count). The van der Waals surface area contributed by atoms with Crippen molar-refractivity contribution in [1.29, 1.82) is 0 Å². The molecule has 1 aliphatic rings. The van der Waals surface area contributed by atoms with Crippen molar-refractivity contribution in [2.75, 3.05) is 0 Å². The van der Waals surface area contributed by atoms with Gasteiger partial charge in [0.2, 0.25) is 0 Å². The molecular weight excluding hydrogens is 186 g/mol. The Labute approximate surface area is 90.7 Å². The third-order valence-electron chi connectivity index (χ3n) is 3.02. The lowest BCUT2D eigenvalue weighted by molar-refractivity contribution is 0.102. The molecule has 80 valence electrons. The molecule has 15 heavy (non-hydrogen) atoms. The lowest BCUT2D eigenvalue weighted by Gasteiger charge is -2.23. The minimum absolute atomic E-state index is 0.223. The van der Waals surface area contributed by atoms with Crippen molar-refractivity contribution < 1.29 is 5.11 Å². The summed E-state index contributed by atoms with van der Waals surface area (Å²) >= 11 is 0. The average molecular weight is 203 g/mol. The van der Waals surface area contributed by atoms with E-state index in [1.54, 1.807) is 6.20 Å². The topological polar surface area (TPSA) is 33.1 Å². The van der Waals surface area contributed by atoms with E-state index in [4.69, 9.17) is 0 Å². The summed E-state index contributed by atoms with van der Waals surface area (Å²) in [5.74, 6) is 0.426. The molecule has 1 aromatic rings. The number of hydrogen-bond donors (Lipinski definition) is 1. The number of hydrogen-bond acceptors (Lipinski definition) is 2. The van der Waals surface area contributed by atoms with Gasteiger partial charge < -0.3 is 5.11 Å². The summed E-state index contributed by atoms with van der Waals surface area (Å²) in [6.07, 6.45) is 11.7. The summed E-state index contributed by atoms with van der Waals surface area (Å²) in [6, 6.07) is 3.94. The van der Waals surface area contributed by atoms with Crippen molar-refractivity contribution in [3.05, 3.63) is 42.2 Å². The fraction of sp³-hybridized carbons (Fsp3) is 0.462. The third kappa shape index (κ3) is 2.90. The molecule has 0 saturated carbocycles. The Bertz CT molecular complexity index is 321. The molecule has 2 nitrogen and oxygen atoms in total. The molecular formula is C13H17NO. The molecule has 2 atom stereocenters. The Morgan fingerprint density at radius 2 is 2.40 bits per heavy atom. The van der Waals surface area contributed by atoms with Crippen LogP contribution in [-0.2, 0) is 6.42 Å². The van der Waals surface area contributed by atoms with Gasteiger partial charge in [-0.25, -0.2) is 0 Å². The molecule has 0 amide bonds. The van der Waals surface area contributed by atoms with Crippen molar-refractivity contribution in [1.82, 2.24) is 4.98 Å². The van der Waals surface area contributed by atoms with Crippen LogP contribution in [0.2, 0.25) is 0 Å². The summed E-state index contributed by atoms with van der Waals surface area (Å²) in [5, 5.41) is 10.1. The number of allylic oxidation sites excluding steroid dienone is 2. The Balaban J connectivity index is 1.91. The third-order valence-corrected chi connectivity index (χ3v) is 3.02. The Hall–Kier alpha value is -1.15. The first kappa shape index (κ1) is 10.4. The molecule has 0 bridgehead atoms. The zero-order valence-electron chi connectivity index (χ0n) is 8.84. The Morgan fingerprint density at radius 3 is 3.07 bits per heavy atom. The predicted molar refractivity (Wildman–Crippen MR) is 60.4 cm³/mol. The van der Waals surface area contributed by atoms with Crippen LogP contribution in [0, 0.1) is 5.92 Å². The lowest BCUT2D eigenvalue weighted by Crippen LogP contribution is -2.23. The van der Waals surface area contributed by atoms with Crippen molar-refractivity contribution in [2.45, 2.75) is 31.8 Å². The van der Waals surface area contributed by atoms with Crippen molar-refractivity contribution in [3.8, 4) is 0 Å². The van der Waals surface area contributed by atoms with Crippen LogP contribution in [0.5, 0.6) is 0 Å². The predicted octanol–water partition coefficient (Wildman–Crippen LogP) is 2.34. The highest BCUT2D eigenvalue weighted by Gasteiger charge is 2.19. The number of aliphatic hydroxyl groups is 1. The van der Waals surface area contributed by atoms with Crippen molar-refractivity contribution >= 4 is 0 Å². The Morgan fingerprint density at radius 1 is 1.47 bits per heavy atom. The van der Waals surface area contributed by atoms with Crippen LogP contribution in [0.25, 0.3) is 0 Å². The van der Waals surface area contributed by atoms with Crippen LogP contribution >= 0.6 is 0 Å². The Kier molecular flexibility index (Phi) is 3.51.